The van der Waals surface area contributed by atoms with Crippen molar-refractivity contribution >= 4 is 45.2 Å². The lowest BCUT2D eigenvalue weighted by molar-refractivity contribution is -0.148. The van der Waals surface area contributed by atoms with Crippen LogP contribution in [0.1, 0.15) is 17.3 Å². The first-order chi connectivity index (χ1) is 14.1. The number of ether oxygens (including phenoxy) is 2. The van der Waals surface area contributed by atoms with E-state index < -0.39 is 40.5 Å². The SMILES string of the molecule is COC(=O)c1cccc(NC(=O)COC(=O)[C@H](C)NS(=O)(=O)c2ccc(Cl)cc2)c1. The fraction of sp³-hybridized carbons (Fsp3) is 0.211. The molecular weight excluding hydrogens is 436 g/mol. The van der Waals surface area contributed by atoms with Crippen molar-refractivity contribution < 1.29 is 32.3 Å². The molecule has 0 aliphatic rings. The van der Waals surface area contributed by atoms with Gasteiger partial charge in [0.15, 0.2) is 6.61 Å². The van der Waals surface area contributed by atoms with Gasteiger partial charge in [-0.25, -0.2) is 13.2 Å². The van der Waals surface area contributed by atoms with Crippen molar-refractivity contribution in [1.29, 1.82) is 0 Å². The Bertz CT molecular complexity index is 1040. The molecule has 2 N–H and O–H groups in total. The summed E-state index contributed by atoms with van der Waals surface area (Å²) < 4.78 is 36.1. The van der Waals surface area contributed by atoms with Crippen molar-refractivity contribution in [2.24, 2.45) is 0 Å². The molecule has 1 atom stereocenters. The maximum Gasteiger partial charge on any atom is 0.337 e. The van der Waals surface area contributed by atoms with Gasteiger partial charge in [-0.2, -0.15) is 4.72 Å². The number of amides is 1. The van der Waals surface area contributed by atoms with Gasteiger partial charge in [-0.3, -0.25) is 9.59 Å². The molecule has 0 heterocycles. The predicted octanol–water partition coefficient (Wildman–Crippen LogP) is 1.98. The summed E-state index contributed by atoms with van der Waals surface area (Å²) in [7, 11) is -2.75. The summed E-state index contributed by atoms with van der Waals surface area (Å²) >= 11 is 5.73. The minimum Gasteiger partial charge on any atom is -0.465 e. The number of anilines is 1. The van der Waals surface area contributed by atoms with Crippen molar-refractivity contribution in [3.8, 4) is 0 Å². The number of carbonyl (C=O) groups is 3. The van der Waals surface area contributed by atoms with Gasteiger partial charge in [0.25, 0.3) is 5.91 Å². The first-order valence-corrected chi connectivity index (χ1v) is 10.4. The molecule has 0 saturated heterocycles. The summed E-state index contributed by atoms with van der Waals surface area (Å²) in [4.78, 5) is 35.4. The number of esters is 2. The van der Waals surface area contributed by atoms with Crippen LogP contribution in [0, 0.1) is 0 Å². The zero-order chi connectivity index (χ0) is 22.3. The lowest BCUT2D eigenvalue weighted by Crippen LogP contribution is -2.40. The summed E-state index contributed by atoms with van der Waals surface area (Å²) in [6.07, 6.45) is 0. The standard InChI is InChI=1S/C19H19ClN2O7S/c1-12(22-30(26,27)16-8-6-14(20)7-9-16)18(24)29-11-17(23)21-15-5-3-4-13(10-15)19(25)28-2/h3-10,12,22H,11H2,1-2H3,(H,21,23)/t12-/m0/s1. The second-order valence-corrected chi connectivity index (χ2v) is 8.18. The second-order valence-electron chi connectivity index (χ2n) is 6.03. The maximum absolute atomic E-state index is 12.3. The second kappa shape index (κ2) is 10.2. The van der Waals surface area contributed by atoms with Gasteiger partial charge in [0, 0.05) is 10.7 Å². The maximum atomic E-state index is 12.3. The lowest BCUT2D eigenvalue weighted by atomic mass is 10.2. The Labute approximate surface area is 178 Å². The molecule has 0 aromatic heterocycles. The van der Waals surface area contributed by atoms with Crippen LogP contribution in [0.3, 0.4) is 0 Å². The van der Waals surface area contributed by atoms with Gasteiger partial charge >= 0.3 is 11.9 Å². The van der Waals surface area contributed by atoms with E-state index in [0.29, 0.717) is 10.7 Å². The Kier molecular flexibility index (Phi) is 7.93. The van der Waals surface area contributed by atoms with E-state index in [1.807, 2.05) is 0 Å². The molecule has 2 aromatic rings. The monoisotopic (exact) mass is 454 g/mol. The summed E-state index contributed by atoms with van der Waals surface area (Å²) in [6.45, 7) is 0.641. The van der Waals surface area contributed by atoms with Crippen LogP contribution < -0.4 is 10.0 Å². The van der Waals surface area contributed by atoms with Crippen molar-refractivity contribution in [2.75, 3.05) is 19.0 Å². The predicted molar refractivity (Wildman–Crippen MR) is 109 cm³/mol. The normalized spacial score (nSPS) is 12.0. The van der Waals surface area contributed by atoms with Crippen molar-refractivity contribution in [1.82, 2.24) is 4.72 Å². The fourth-order valence-electron chi connectivity index (χ4n) is 2.26. The van der Waals surface area contributed by atoms with Gasteiger partial charge in [0.1, 0.15) is 6.04 Å². The zero-order valence-corrected chi connectivity index (χ0v) is 17.6. The van der Waals surface area contributed by atoms with E-state index in [1.54, 1.807) is 6.07 Å². The average Bonchev–Trinajstić information content (AvgIpc) is 2.71. The molecule has 9 nitrogen and oxygen atoms in total. The van der Waals surface area contributed by atoms with Gasteiger partial charge < -0.3 is 14.8 Å². The summed E-state index contributed by atoms with van der Waals surface area (Å²) in [6, 6.07) is 10.1. The molecule has 0 bridgehead atoms. The topological polar surface area (TPSA) is 128 Å². The largest absolute Gasteiger partial charge is 0.465 e. The summed E-state index contributed by atoms with van der Waals surface area (Å²) in [5.41, 5.74) is 0.535. The minimum absolute atomic E-state index is 0.0743. The van der Waals surface area contributed by atoms with E-state index in [9.17, 15) is 22.8 Å². The Morgan fingerprint density at radius 3 is 2.40 bits per heavy atom. The summed E-state index contributed by atoms with van der Waals surface area (Å²) in [5.74, 6) is -2.18. The van der Waals surface area contributed by atoms with Crippen molar-refractivity contribution in [3.05, 3.63) is 59.1 Å². The number of hydrogen-bond acceptors (Lipinski definition) is 7. The first-order valence-electron chi connectivity index (χ1n) is 8.55. The number of sulfonamides is 1. The Morgan fingerprint density at radius 1 is 1.10 bits per heavy atom. The number of benzene rings is 2. The van der Waals surface area contributed by atoms with Crippen LogP contribution in [0.15, 0.2) is 53.4 Å². The van der Waals surface area contributed by atoms with E-state index in [0.717, 1.165) is 0 Å². The molecule has 0 radical (unpaired) electrons. The van der Waals surface area contributed by atoms with Crippen LogP contribution in [0.5, 0.6) is 0 Å². The van der Waals surface area contributed by atoms with Crippen LogP contribution in [0.2, 0.25) is 5.02 Å². The number of hydrogen-bond donors (Lipinski definition) is 2. The highest BCUT2D eigenvalue weighted by Crippen LogP contribution is 2.14. The quantitative estimate of drug-likeness (QED) is 0.583. The molecule has 0 aliphatic carbocycles. The van der Waals surface area contributed by atoms with Gasteiger partial charge in [0.2, 0.25) is 10.0 Å². The summed E-state index contributed by atoms with van der Waals surface area (Å²) in [5, 5.41) is 2.83. The molecule has 160 valence electrons. The highest BCUT2D eigenvalue weighted by Gasteiger charge is 2.23. The molecule has 30 heavy (non-hydrogen) atoms. The molecule has 0 fully saturated rings. The first kappa shape index (κ1) is 23.3. The van der Waals surface area contributed by atoms with Crippen LogP contribution in [0.4, 0.5) is 5.69 Å². The number of methoxy groups -OCH3 is 1. The number of halogens is 1. The minimum atomic E-state index is -3.98. The van der Waals surface area contributed by atoms with E-state index in [-0.39, 0.29) is 10.5 Å². The highest BCUT2D eigenvalue weighted by atomic mass is 35.5. The van der Waals surface area contributed by atoms with Gasteiger partial charge in [-0.1, -0.05) is 17.7 Å². The molecule has 2 aromatic carbocycles. The number of rotatable bonds is 8. The molecule has 1 amide bonds. The van der Waals surface area contributed by atoms with Crippen LogP contribution in [-0.4, -0.2) is 46.0 Å². The Morgan fingerprint density at radius 2 is 1.77 bits per heavy atom. The molecule has 0 aliphatic heterocycles. The van der Waals surface area contributed by atoms with E-state index in [2.05, 4.69) is 14.8 Å². The van der Waals surface area contributed by atoms with Crippen LogP contribution in [-0.2, 0) is 29.1 Å². The van der Waals surface area contributed by atoms with Crippen molar-refractivity contribution in [3.63, 3.8) is 0 Å². The molecular formula is C19H19ClN2O7S. The van der Waals surface area contributed by atoms with Gasteiger partial charge in [-0.15, -0.1) is 0 Å². The smallest absolute Gasteiger partial charge is 0.337 e. The van der Waals surface area contributed by atoms with E-state index in [4.69, 9.17) is 16.3 Å². The third kappa shape index (κ3) is 6.55. The molecule has 11 heteroatoms. The van der Waals surface area contributed by atoms with Crippen LogP contribution >= 0.6 is 11.6 Å². The molecule has 0 saturated carbocycles. The number of nitrogens with one attached hydrogen (secondary N) is 2. The Hall–Kier alpha value is -2.95. The highest BCUT2D eigenvalue weighted by molar-refractivity contribution is 7.89. The third-order valence-corrected chi connectivity index (χ3v) is 5.53. The van der Waals surface area contributed by atoms with Crippen molar-refractivity contribution in [2.45, 2.75) is 17.9 Å². The lowest BCUT2D eigenvalue weighted by Gasteiger charge is -2.14. The van der Waals surface area contributed by atoms with E-state index >= 15 is 0 Å². The van der Waals surface area contributed by atoms with Gasteiger partial charge in [-0.05, 0) is 49.4 Å². The van der Waals surface area contributed by atoms with Gasteiger partial charge in [0.05, 0.1) is 17.6 Å². The molecule has 0 unspecified atom stereocenters. The average molecular weight is 455 g/mol. The van der Waals surface area contributed by atoms with Crippen LogP contribution in [0.25, 0.3) is 0 Å². The Balaban J connectivity index is 1.89. The zero-order valence-electron chi connectivity index (χ0n) is 16.0. The fourth-order valence-corrected chi connectivity index (χ4v) is 3.58. The molecule has 0 spiro atoms. The van der Waals surface area contributed by atoms with E-state index in [1.165, 1.54) is 56.5 Å². The molecule has 2 rings (SSSR count). The third-order valence-electron chi connectivity index (χ3n) is 3.72. The number of carbonyl (C=O) groups excluding carboxylic acids is 3.